The summed E-state index contributed by atoms with van der Waals surface area (Å²) in [5, 5.41) is 6.24. The SMILES string of the molecule is CN=C(NCc1ccc(OC)c(OC)c1)NC1CCN(S(=O)(=O)C(F)(F)F)CC1. The maximum absolute atomic E-state index is 12.7. The third kappa shape index (κ3) is 5.66. The minimum atomic E-state index is -5.28. The Morgan fingerprint density at radius 1 is 1.21 bits per heavy atom. The molecule has 1 aliphatic heterocycles. The number of aliphatic imine (C=N–C) groups is 1. The van der Waals surface area contributed by atoms with Gasteiger partial charge in [0.25, 0.3) is 0 Å². The largest absolute Gasteiger partial charge is 0.511 e. The lowest BCUT2D eigenvalue weighted by Gasteiger charge is -2.32. The molecule has 1 aliphatic rings. The second-order valence-corrected chi connectivity index (χ2v) is 8.31. The number of piperidine rings is 1. The van der Waals surface area contributed by atoms with Gasteiger partial charge in [0, 0.05) is 32.7 Å². The molecule has 0 saturated carbocycles. The summed E-state index contributed by atoms with van der Waals surface area (Å²) in [6.45, 7) is 0.0275. The third-order valence-corrected chi connectivity index (χ3v) is 6.19. The fourth-order valence-electron chi connectivity index (χ4n) is 2.95. The van der Waals surface area contributed by atoms with E-state index in [9.17, 15) is 21.6 Å². The van der Waals surface area contributed by atoms with Gasteiger partial charge in [-0.1, -0.05) is 6.07 Å². The number of ether oxygens (including phenoxy) is 2. The number of benzene rings is 1. The van der Waals surface area contributed by atoms with Crippen LogP contribution < -0.4 is 20.1 Å². The van der Waals surface area contributed by atoms with Gasteiger partial charge in [-0.15, -0.1) is 0 Å². The van der Waals surface area contributed by atoms with Gasteiger partial charge in [0.1, 0.15) is 0 Å². The standard InChI is InChI=1S/C17H25F3N4O4S/c1-21-16(22-11-12-4-5-14(27-2)15(10-12)28-3)23-13-6-8-24(9-7-13)29(25,26)17(18,19)20/h4-5,10,13H,6-9,11H2,1-3H3,(H2,21,22,23). The Hall–Kier alpha value is -2.21. The molecular weight excluding hydrogens is 413 g/mol. The summed E-state index contributed by atoms with van der Waals surface area (Å²) in [6, 6.07) is 5.27. The Balaban J connectivity index is 1.89. The number of nitrogens with one attached hydrogen (secondary N) is 2. The molecule has 0 aromatic heterocycles. The van der Waals surface area contributed by atoms with Gasteiger partial charge in [0.2, 0.25) is 0 Å². The summed E-state index contributed by atoms with van der Waals surface area (Å²) in [7, 11) is -0.610. The van der Waals surface area contributed by atoms with Crippen LogP contribution in [0.15, 0.2) is 23.2 Å². The molecule has 164 valence electrons. The summed E-state index contributed by atoms with van der Waals surface area (Å²) < 4.78 is 71.8. The molecule has 1 saturated heterocycles. The van der Waals surface area contributed by atoms with E-state index in [2.05, 4.69) is 15.6 Å². The second kappa shape index (κ2) is 9.53. The van der Waals surface area contributed by atoms with Gasteiger partial charge in [0.15, 0.2) is 17.5 Å². The second-order valence-electron chi connectivity index (χ2n) is 6.38. The first-order valence-electron chi connectivity index (χ1n) is 8.87. The number of hydrogen-bond donors (Lipinski definition) is 2. The molecule has 29 heavy (non-hydrogen) atoms. The van der Waals surface area contributed by atoms with Crippen LogP contribution in [0.4, 0.5) is 13.2 Å². The van der Waals surface area contributed by atoms with Gasteiger partial charge in [-0.05, 0) is 30.5 Å². The van der Waals surface area contributed by atoms with Crippen LogP contribution in [0.5, 0.6) is 11.5 Å². The smallest absolute Gasteiger partial charge is 0.493 e. The number of nitrogens with zero attached hydrogens (tertiary/aromatic N) is 2. The van der Waals surface area contributed by atoms with Crippen LogP contribution in [0.1, 0.15) is 18.4 Å². The Kier molecular flexibility index (Phi) is 7.58. The third-order valence-electron chi connectivity index (χ3n) is 4.56. The molecule has 0 aliphatic carbocycles. The highest BCUT2D eigenvalue weighted by atomic mass is 32.2. The van der Waals surface area contributed by atoms with E-state index in [0.717, 1.165) is 5.56 Å². The van der Waals surface area contributed by atoms with E-state index < -0.39 is 15.5 Å². The van der Waals surface area contributed by atoms with E-state index in [0.29, 0.717) is 28.3 Å². The molecular formula is C17H25F3N4O4S. The monoisotopic (exact) mass is 438 g/mol. The minimum absolute atomic E-state index is 0.189. The average Bonchev–Trinajstić information content (AvgIpc) is 2.70. The highest BCUT2D eigenvalue weighted by molar-refractivity contribution is 7.90. The van der Waals surface area contributed by atoms with Gasteiger partial charge >= 0.3 is 15.5 Å². The van der Waals surface area contributed by atoms with E-state index in [1.807, 2.05) is 12.1 Å². The molecule has 2 rings (SSSR count). The lowest BCUT2D eigenvalue weighted by Crippen LogP contribution is -2.51. The molecule has 0 amide bonds. The fraction of sp³-hybridized carbons (Fsp3) is 0.588. The number of alkyl halides is 3. The van der Waals surface area contributed by atoms with Crippen molar-refractivity contribution in [2.24, 2.45) is 4.99 Å². The quantitative estimate of drug-likeness (QED) is 0.519. The number of sulfonamides is 1. The van der Waals surface area contributed by atoms with E-state index in [1.165, 1.54) is 0 Å². The van der Waals surface area contributed by atoms with Crippen molar-refractivity contribution in [2.45, 2.75) is 30.9 Å². The maximum Gasteiger partial charge on any atom is 0.511 e. The lowest BCUT2D eigenvalue weighted by molar-refractivity contribution is -0.0494. The summed E-state index contributed by atoms with van der Waals surface area (Å²) in [4.78, 5) is 4.11. The van der Waals surface area contributed by atoms with E-state index >= 15 is 0 Å². The topological polar surface area (TPSA) is 92.3 Å². The van der Waals surface area contributed by atoms with Gasteiger partial charge in [-0.3, -0.25) is 4.99 Å². The van der Waals surface area contributed by atoms with Gasteiger partial charge in [-0.25, -0.2) is 8.42 Å². The van der Waals surface area contributed by atoms with Crippen molar-refractivity contribution in [2.75, 3.05) is 34.4 Å². The van der Waals surface area contributed by atoms with Crippen molar-refractivity contribution in [1.82, 2.24) is 14.9 Å². The van der Waals surface area contributed by atoms with Crippen molar-refractivity contribution in [1.29, 1.82) is 0 Å². The van der Waals surface area contributed by atoms with Gasteiger partial charge < -0.3 is 20.1 Å². The van der Waals surface area contributed by atoms with E-state index in [-0.39, 0.29) is 32.0 Å². The zero-order chi connectivity index (χ0) is 21.7. The van der Waals surface area contributed by atoms with Crippen LogP contribution in [-0.4, -0.2) is 64.6 Å². The van der Waals surface area contributed by atoms with Crippen LogP contribution in [-0.2, 0) is 16.6 Å². The number of rotatable bonds is 6. The molecule has 0 unspecified atom stereocenters. The van der Waals surface area contributed by atoms with Gasteiger partial charge in [-0.2, -0.15) is 17.5 Å². The molecule has 12 heteroatoms. The molecule has 0 bridgehead atoms. The molecule has 1 heterocycles. The predicted octanol–water partition coefficient (Wildman–Crippen LogP) is 1.68. The Bertz CT molecular complexity index is 822. The predicted molar refractivity (Wildman–Crippen MR) is 102 cm³/mol. The molecule has 0 radical (unpaired) electrons. The maximum atomic E-state index is 12.7. The molecule has 8 nitrogen and oxygen atoms in total. The van der Waals surface area contributed by atoms with Crippen molar-refractivity contribution < 1.29 is 31.1 Å². The minimum Gasteiger partial charge on any atom is -0.493 e. The normalized spacial score (nSPS) is 17.1. The lowest BCUT2D eigenvalue weighted by atomic mass is 10.1. The Labute approximate surface area is 168 Å². The summed E-state index contributed by atoms with van der Waals surface area (Å²) in [5.41, 5.74) is -4.36. The van der Waals surface area contributed by atoms with Crippen LogP contribution in [0.25, 0.3) is 0 Å². The highest BCUT2D eigenvalue weighted by Crippen LogP contribution is 2.29. The molecule has 0 atom stereocenters. The first kappa shape index (κ1) is 23.1. The first-order chi connectivity index (χ1) is 13.6. The van der Waals surface area contributed by atoms with Crippen molar-refractivity contribution in [3.8, 4) is 11.5 Å². The Morgan fingerprint density at radius 2 is 1.83 bits per heavy atom. The van der Waals surface area contributed by atoms with Crippen LogP contribution in [0, 0.1) is 0 Å². The molecule has 1 aromatic rings. The molecule has 1 aromatic carbocycles. The van der Waals surface area contributed by atoms with Gasteiger partial charge in [0.05, 0.1) is 14.2 Å². The summed E-state index contributed by atoms with van der Waals surface area (Å²) in [5.74, 6) is 1.67. The summed E-state index contributed by atoms with van der Waals surface area (Å²) >= 11 is 0. The first-order valence-corrected chi connectivity index (χ1v) is 10.3. The number of guanidine groups is 1. The molecule has 2 N–H and O–H groups in total. The van der Waals surface area contributed by atoms with E-state index in [4.69, 9.17) is 9.47 Å². The molecule has 0 spiro atoms. The Morgan fingerprint density at radius 3 is 2.34 bits per heavy atom. The van der Waals surface area contributed by atoms with Crippen molar-refractivity contribution >= 4 is 16.0 Å². The molecule has 1 fully saturated rings. The van der Waals surface area contributed by atoms with E-state index in [1.54, 1.807) is 27.3 Å². The highest BCUT2D eigenvalue weighted by Gasteiger charge is 2.50. The number of methoxy groups -OCH3 is 2. The average molecular weight is 438 g/mol. The van der Waals surface area contributed by atoms with Crippen molar-refractivity contribution in [3.05, 3.63) is 23.8 Å². The van der Waals surface area contributed by atoms with Crippen LogP contribution >= 0.6 is 0 Å². The number of hydrogen-bond acceptors (Lipinski definition) is 5. The fourth-order valence-corrected chi connectivity index (χ4v) is 3.94. The summed E-state index contributed by atoms with van der Waals surface area (Å²) in [6.07, 6.45) is 0.485. The van der Waals surface area contributed by atoms with Crippen molar-refractivity contribution in [3.63, 3.8) is 0 Å². The van der Waals surface area contributed by atoms with Crippen LogP contribution in [0.2, 0.25) is 0 Å². The van der Waals surface area contributed by atoms with Crippen LogP contribution in [0.3, 0.4) is 0 Å². The zero-order valence-corrected chi connectivity index (χ0v) is 17.2. The number of halogens is 3. The zero-order valence-electron chi connectivity index (χ0n) is 16.4.